The first kappa shape index (κ1) is 10.7. The molecule has 78 valence electrons. The van der Waals surface area contributed by atoms with Crippen molar-refractivity contribution in [2.24, 2.45) is 0 Å². The van der Waals surface area contributed by atoms with Crippen LogP contribution in [0, 0.1) is 0 Å². The van der Waals surface area contributed by atoms with E-state index < -0.39 is 0 Å². The highest BCUT2D eigenvalue weighted by Crippen LogP contribution is 1.99. The van der Waals surface area contributed by atoms with Gasteiger partial charge in [-0.1, -0.05) is 0 Å². The number of nitrogens with one attached hydrogen (secondary N) is 1. The van der Waals surface area contributed by atoms with Crippen LogP contribution < -0.4 is 10.5 Å². The lowest BCUT2D eigenvalue weighted by atomic mass is 10.4. The molecule has 0 aliphatic rings. The van der Waals surface area contributed by atoms with Crippen LogP contribution >= 0.6 is 0 Å². The van der Waals surface area contributed by atoms with Crippen LogP contribution in [0.5, 0.6) is 0 Å². The monoisotopic (exact) mass is 197 g/mol. The Bertz CT molecular complexity index is 324. The Balaban J connectivity index is 2.56. The van der Waals surface area contributed by atoms with Crippen molar-refractivity contribution in [3.63, 3.8) is 0 Å². The summed E-state index contributed by atoms with van der Waals surface area (Å²) in [6.07, 6.45) is 3.97. The molecule has 1 rings (SSSR count). The van der Waals surface area contributed by atoms with Gasteiger partial charge in [-0.05, 0) is 6.42 Å². The summed E-state index contributed by atoms with van der Waals surface area (Å²) in [6.45, 7) is 1.45. The number of hydrogen-bond acceptors (Lipinski definition) is 4. The van der Waals surface area contributed by atoms with E-state index >= 15 is 0 Å². The Labute approximate surface area is 82.7 Å². The molecule has 5 nitrogen and oxygen atoms in total. The third-order valence-corrected chi connectivity index (χ3v) is 1.89. The van der Waals surface area contributed by atoms with Gasteiger partial charge in [0.1, 0.15) is 0 Å². The molecule has 1 N–H and O–H groups in total. The lowest BCUT2D eigenvalue weighted by molar-refractivity contribution is 0.196. The van der Waals surface area contributed by atoms with Crippen LogP contribution in [0.1, 0.15) is 6.42 Å². The largest absolute Gasteiger partial charge is 0.385 e. The second kappa shape index (κ2) is 5.39. The van der Waals surface area contributed by atoms with E-state index in [2.05, 4.69) is 9.97 Å². The van der Waals surface area contributed by atoms with Crippen LogP contribution in [0.25, 0.3) is 0 Å². The molecule has 0 aliphatic carbocycles. The molecule has 0 radical (unpaired) electrons. The summed E-state index contributed by atoms with van der Waals surface area (Å²) in [5.41, 5.74) is -0.160. The van der Waals surface area contributed by atoms with Crippen LogP contribution in [0.4, 0.5) is 5.82 Å². The minimum atomic E-state index is -0.160. The summed E-state index contributed by atoms with van der Waals surface area (Å²) in [5, 5.41) is 0. The summed E-state index contributed by atoms with van der Waals surface area (Å²) in [4.78, 5) is 19.7. The number of aromatic nitrogens is 2. The Morgan fingerprint density at radius 3 is 3.07 bits per heavy atom. The molecular weight excluding hydrogens is 182 g/mol. The first-order valence-electron chi connectivity index (χ1n) is 4.49. The van der Waals surface area contributed by atoms with Crippen LogP contribution in [0.2, 0.25) is 0 Å². The fourth-order valence-corrected chi connectivity index (χ4v) is 1.17. The van der Waals surface area contributed by atoms with Crippen LogP contribution in [-0.4, -0.2) is 37.3 Å². The molecule has 1 aromatic heterocycles. The minimum Gasteiger partial charge on any atom is -0.385 e. The maximum absolute atomic E-state index is 11.3. The average molecular weight is 197 g/mol. The lowest BCUT2D eigenvalue weighted by Crippen LogP contribution is -2.27. The fourth-order valence-electron chi connectivity index (χ4n) is 1.17. The SMILES string of the molecule is COCCCN(C)c1ncc[nH]c1=O. The van der Waals surface area contributed by atoms with Crippen molar-refractivity contribution in [1.29, 1.82) is 0 Å². The van der Waals surface area contributed by atoms with Gasteiger partial charge in [-0.3, -0.25) is 4.79 Å². The number of nitrogens with zero attached hydrogens (tertiary/aromatic N) is 2. The second-order valence-electron chi connectivity index (χ2n) is 3.01. The molecule has 0 fully saturated rings. The number of anilines is 1. The summed E-state index contributed by atoms with van der Waals surface area (Å²) >= 11 is 0. The molecule has 1 aromatic rings. The smallest absolute Gasteiger partial charge is 0.290 e. The quantitative estimate of drug-likeness (QED) is 0.687. The molecule has 0 aliphatic heterocycles. The van der Waals surface area contributed by atoms with Crippen molar-refractivity contribution in [1.82, 2.24) is 9.97 Å². The molecule has 0 amide bonds. The van der Waals surface area contributed by atoms with Crippen molar-refractivity contribution < 1.29 is 4.74 Å². The number of H-pyrrole nitrogens is 1. The molecule has 5 heteroatoms. The fraction of sp³-hybridized carbons (Fsp3) is 0.556. The Morgan fingerprint density at radius 2 is 2.43 bits per heavy atom. The highest BCUT2D eigenvalue weighted by Gasteiger charge is 2.05. The first-order valence-corrected chi connectivity index (χ1v) is 4.49. The third kappa shape index (κ3) is 2.85. The maximum atomic E-state index is 11.3. The highest BCUT2D eigenvalue weighted by molar-refractivity contribution is 5.33. The van der Waals surface area contributed by atoms with Crippen molar-refractivity contribution in [2.75, 3.05) is 32.2 Å². The van der Waals surface area contributed by atoms with Gasteiger partial charge >= 0.3 is 0 Å². The first-order chi connectivity index (χ1) is 6.75. The van der Waals surface area contributed by atoms with E-state index in [1.165, 1.54) is 6.20 Å². The van der Waals surface area contributed by atoms with Crippen LogP contribution in [-0.2, 0) is 4.74 Å². The van der Waals surface area contributed by atoms with Crippen molar-refractivity contribution >= 4 is 5.82 Å². The number of rotatable bonds is 5. The van der Waals surface area contributed by atoms with Gasteiger partial charge in [0.2, 0.25) is 0 Å². The van der Waals surface area contributed by atoms with E-state index in [0.717, 1.165) is 13.0 Å². The molecule has 0 atom stereocenters. The molecule has 0 saturated carbocycles. The van der Waals surface area contributed by atoms with E-state index in [-0.39, 0.29) is 5.56 Å². The normalized spacial score (nSPS) is 10.1. The molecule has 0 saturated heterocycles. The van der Waals surface area contributed by atoms with Gasteiger partial charge in [0.05, 0.1) is 0 Å². The van der Waals surface area contributed by atoms with Gasteiger partial charge in [0.15, 0.2) is 5.82 Å². The predicted molar refractivity (Wildman–Crippen MR) is 54.6 cm³/mol. The molecule has 14 heavy (non-hydrogen) atoms. The van der Waals surface area contributed by atoms with Crippen molar-refractivity contribution in [3.8, 4) is 0 Å². The summed E-state index contributed by atoms with van der Waals surface area (Å²) in [5.74, 6) is 0.448. The zero-order valence-corrected chi connectivity index (χ0v) is 8.49. The summed E-state index contributed by atoms with van der Waals surface area (Å²) < 4.78 is 4.93. The lowest BCUT2D eigenvalue weighted by Gasteiger charge is -2.15. The van der Waals surface area contributed by atoms with Gasteiger partial charge in [0, 0.05) is 39.7 Å². The maximum Gasteiger partial charge on any atom is 0.290 e. The molecule has 0 unspecified atom stereocenters. The number of hydrogen-bond donors (Lipinski definition) is 1. The summed E-state index contributed by atoms with van der Waals surface area (Å²) in [7, 11) is 3.50. The van der Waals surface area contributed by atoms with Crippen LogP contribution in [0.3, 0.4) is 0 Å². The van der Waals surface area contributed by atoms with E-state index in [0.29, 0.717) is 12.4 Å². The van der Waals surface area contributed by atoms with Crippen LogP contribution in [0.15, 0.2) is 17.2 Å². The Hall–Kier alpha value is -1.36. The minimum absolute atomic E-state index is 0.160. The average Bonchev–Trinajstić information content (AvgIpc) is 2.18. The number of aromatic amines is 1. The van der Waals surface area contributed by atoms with E-state index in [4.69, 9.17) is 4.74 Å². The standard InChI is InChI=1S/C9H15N3O2/c1-12(6-3-7-14-2)8-9(13)11-5-4-10-8/h4-5H,3,6-7H2,1-2H3,(H,11,13). The predicted octanol–water partition coefficient (Wildman–Crippen LogP) is 0.243. The second-order valence-corrected chi connectivity index (χ2v) is 3.01. The van der Waals surface area contributed by atoms with Gasteiger partial charge in [0.25, 0.3) is 5.56 Å². The summed E-state index contributed by atoms with van der Waals surface area (Å²) in [6, 6.07) is 0. The van der Waals surface area contributed by atoms with E-state index in [1.54, 1.807) is 13.3 Å². The molecule has 1 heterocycles. The zero-order valence-electron chi connectivity index (χ0n) is 8.49. The van der Waals surface area contributed by atoms with Crippen molar-refractivity contribution in [3.05, 3.63) is 22.7 Å². The Kier molecular flexibility index (Phi) is 4.12. The zero-order chi connectivity index (χ0) is 10.4. The molecule has 0 aromatic carbocycles. The topological polar surface area (TPSA) is 58.2 Å². The van der Waals surface area contributed by atoms with E-state index in [9.17, 15) is 4.79 Å². The number of methoxy groups -OCH3 is 1. The Morgan fingerprint density at radius 1 is 1.64 bits per heavy atom. The molecule has 0 spiro atoms. The van der Waals surface area contributed by atoms with Gasteiger partial charge < -0.3 is 14.6 Å². The van der Waals surface area contributed by atoms with E-state index in [1.807, 2.05) is 11.9 Å². The molecular formula is C9H15N3O2. The van der Waals surface area contributed by atoms with Crippen molar-refractivity contribution in [2.45, 2.75) is 6.42 Å². The highest BCUT2D eigenvalue weighted by atomic mass is 16.5. The van der Waals surface area contributed by atoms with Gasteiger partial charge in [-0.15, -0.1) is 0 Å². The number of ether oxygens (including phenoxy) is 1. The molecule has 0 bridgehead atoms. The van der Waals surface area contributed by atoms with Gasteiger partial charge in [-0.2, -0.15) is 0 Å². The third-order valence-electron chi connectivity index (χ3n) is 1.89. The van der Waals surface area contributed by atoms with Gasteiger partial charge in [-0.25, -0.2) is 4.98 Å².